The van der Waals surface area contributed by atoms with E-state index in [1.807, 2.05) is 55.5 Å². The van der Waals surface area contributed by atoms with Gasteiger partial charge < -0.3 is 0 Å². The van der Waals surface area contributed by atoms with E-state index in [4.69, 9.17) is 0 Å². The van der Waals surface area contributed by atoms with Crippen molar-refractivity contribution < 1.29 is 4.79 Å². The average Bonchev–Trinajstić information content (AvgIpc) is 2.92. The van der Waals surface area contributed by atoms with Crippen LogP contribution < -0.4 is 0 Å². The number of aryl methyl sites for hydroxylation is 1. The van der Waals surface area contributed by atoms with E-state index in [1.54, 1.807) is 10.9 Å². The van der Waals surface area contributed by atoms with Gasteiger partial charge in [-0.3, -0.25) is 4.79 Å². The molecule has 1 aromatic heterocycles. The Morgan fingerprint density at radius 1 is 1.14 bits per heavy atom. The number of rotatable bonds is 3. The van der Waals surface area contributed by atoms with E-state index in [0.29, 0.717) is 11.3 Å². The minimum absolute atomic E-state index is 0.577. The minimum Gasteiger partial charge on any atom is -0.298 e. The summed E-state index contributed by atoms with van der Waals surface area (Å²) in [4.78, 5) is 11.3. The van der Waals surface area contributed by atoms with Crippen molar-refractivity contribution in [1.29, 1.82) is 0 Å². The third-order valence-corrected chi connectivity index (χ3v) is 3.76. The molecule has 0 unspecified atom stereocenters. The van der Waals surface area contributed by atoms with Gasteiger partial charge in [-0.05, 0) is 31.2 Å². The summed E-state index contributed by atoms with van der Waals surface area (Å²) in [5, 5.41) is 4.56. The minimum atomic E-state index is 0.577. The maximum atomic E-state index is 11.3. The van der Waals surface area contributed by atoms with Gasteiger partial charge in [-0.1, -0.05) is 45.8 Å². The normalized spacial score (nSPS) is 10.6. The highest BCUT2D eigenvalue weighted by atomic mass is 79.9. The van der Waals surface area contributed by atoms with Gasteiger partial charge in [0.05, 0.1) is 11.3 Å². The lowest BCUT2D eigenvalue weighted by molar-refractivity contribution is 0.112. The number of carbonyl (C=O) groups is 1. The first kappa shape index (κ1) is 13.8. The van der Waals surface area contributed by atoms with Gasteiger partial charge in [0.1, 0.15) is 5.69 Å². The number of benzene rings is 2. The first-order valence-corrected chi connectivity index (χ1v) is 7.34. The summed E-state index contributed by atoms with van der Waals surface area (Å²) >= 11 is 3.44. The summed E-state index contributed by atoms with van der Waals surface area (Å²) in [6.07, 6.45) is 2.60. The average molecular weight is 341 g/mol. The van der Waals surface area contributed by atoms with Crippen molar-refractivity contribution in [2.45, 2.75) is 6.92 Å². The van der Waals surface area contributed by atoms with Crippen molar-refractivity contribution in [1.82, 2.24) is 9.78 Å². The van der Waals surface area contributed by atoms with Gasteiger partial charge in [0.2, 0.25) is 0 Å². The van der Waals surface area contributed by atoms with Crippen molar-refractivity contribution in [3.63, 3.8) is 0 Å². The smallest absolute Gasteiger partial charge is 0.153 e. The van der Waals surface area contributed by atoms with Gasteiger partial charge in [-0.15, -0.1) is 0 Å². The number of carbonyl (C=O) groups excluding carboxylic acids is 1. The molecule has 0 saturated carbocycles. The van der Waals surface area contributed by atoms with Crippen LogP contribution in [0.2, 0.25) is 0 Å². The molecule has 0 atom stereocenters. The zero-order chi connectivity index (χ0) is 14.8. The molecule has 104 valence electrons. The van der Waals surface area contributed by atoms with Gasteiger partial charge in [0.15, 0.2) is 6.29 Å². The maximum absolute atomic E-state index is 11.3. The van der Waals surface area contributed by atoms with Crippen molar-refractivity contribution in [3.05, 3.63) is 70.3 Å². The molecule has 3 rings (SSSR count). The van der Waals surface area contributed by atoms with E-state index in [2.05, 4.69) is 21.0 Å². The second-order valence-electron chi connectivity index (χ2n) is 4.84. The third-order valence-electron chi connectivity index (χ3n) is 3.27. The molecule has 1 heterocycles. The number of halogens is 1. The zero-order valence-corrected chi connectivity index (χ0v) is 13.0. The Kier molecular flexibility index (Phi) is 3.71. The van der Waals surface area contributed by atoms with E-state index in [0.717, 1.165) is 22.0 Å². The second-order valence-corrected chi connectivity index (χ2v) is 5.76. The Bertz CT molecular complexity index is 791. The predicted molar refractivity (Wildman–Crippen MR) is 86.8 cm³/mol. The van der Waals surface area contributed by atoms with Crippen molar-refractivity contribution in [2.24, 2.45) is 0 Å². The molecule has 0 fully saturated rings. The molecule has 0 N–H and O–H groups in total. The molecule has 0 aliphatic heterocycles. The van der Waals surface area contributed by atoms with Crippen molar-refractivity contribution in [2.75, 3.05) is 0 Å². The number of hydrogen-bond acceptors (Lipinski definition) is 2. The molecule has 0 aliphatic carbocycles. The molecule has 3 nitrogen and oxygen atoms in total. The molecule has 21 heavy (non-hydrogen) atoms. The molecule has 4 heteroatoms. The van der Waals surface area contributed by atoms with Crippen LogP contribution in [-0.2, 0) is 0 Å². The van der Waals surface area contributed by atoms with Crippen LogP contribution in [0.25, 0.3) is 16.9 Å². The Hall–Kier alpha value is -2.20. The number of hydrogen-bond donors (Lipinski definition) is 0. The predicted octanol–water partition coefficient (Wildman–Crippen LogP) is 4.42. The van der Waals surface area contributed by atoms with Crippen LogP contribution >= 0.6 is 15.9 Å². The van der Waals surface area contributed by atoms with Crippen LogP contribution in [0.5, 0.6) is 0 Å². The molecule has 0 saturated heterocycles. The summed E-state index contributed by atoms with van der Waals surface area (Å²) in [5.41, 5.74) is 4.30. The fraction of sp³-hybridized carbons (Fsp3) is 0.0588. The summed E-state index contributed by atoms with van der Waals surface area (Å²) < 4.78 is 2.70. The number of aromatic nitrogens is 2. The molecule has 0 amide bonds. The highest BCUT2D eigenvalue weighted by molar-refractivity contribution is 9.10. The first-order valence-electron chi connectivity index (χ1n) is 6.55. The van der Waals surface area contributed by atoms with Gasteiger partial charge in [-0.25, -0.2) is 4.68 Å². The maximum Gasteiger partial charge on any atom is 0.153 e. The van der Waals surface area contributed by atoms with Crippen LogP contribution in [0.1, 0.15) is 15.9 Å². The topological polar surface area (TPSA) is 34.9 Å². The summed E-state index contributed by atoms with van der Waals surface area (Å²) in [6.45, 7) is 2.04. The van der Waals surface area contributed by atoms with Crippen LogP contribution in [0, 0.1) is 6.92 Å². The molecule has 2 aromatic carbocycles. The summed E-state index contributed by atoms with van der Waals surface area (Å²) in [6, 6.07) is 15.8. The lowest BCUT2D eigenvalue weighted by Gasteiger charge is -2.02. The monoisotopic (exact) mass is 340 g/mol. The lowest BCUT2D eigenvalue weighted by atomic mass is 10.1. The van der Waals surface area contributed by atoms with Crippen LogP contribution in [0.15, 0.2) is 59.2 Å². The molecule has 3 aromatic rings. The summed E-state index contributed by atoms with van der Waals surface area (Å²) in [5.74, 6) is 0. The molecule has 0 radical (unpaired) electrons. The van der Waals surface area contributed by atoms with Crippen molar-refractivity contribution in [3.8, 4) is 16.9 Å². The fourth-order valence-corrected chi connectivity index (χ4v) is 2.56. The Balaban J connectivity index is 2.10. The molecular weight excluding hydrogens is 328 g/mol. The van der Waals surface area contributed by atoms with Crippen LogP contribution in [-0.4, -0.2) is 16.1 Å². The van der Waals surface area contributed by atoms with Gasteiger partial charge >= 0.3 is 0 Å². The Labute approximate surface area is 131 Å². The fourth-order valence-electron chi connectivity index (χ4n) is 2.16. The van der Waals surface area contributed by atoms with Gasteiger partial charge in [-0.2, -0.15) is 5.10 Å². The molecule has 0 aliphatic rings. The van der Waals surface area contributed by atoms with Crippen molar-refractivity contribution >= 4 is 22.2 Å². The van der Waals surface area contributed by atoms with E-state index >= 15 is 0 Å². The lowest BCUT2D eigenvalue weighted by Crippen LogP contribution is -1.94. The number of aldehydes is 1. The quantitative estimate of drug-likeness (QED) is 0.661. The van der Waals surface area contributed by atoms with E-state index < -0.39 is 0 Å². The highest BCUT2D eigenvalue weighted by Crippen LogP contribution is 2.25. The van der Waals surface area contributed by atoms with Gasteiger partial charge in [0.25, 0.3) is 0 Å². The molecule has 0 bridgehead atoms. The first-order chi connectivity index (χ1) is 10.2. The van der Waals surface area contributed by atoms with Crippen LogP contribution in [0.3, 0.4) is 0 Å². The number of nitrogens with zero attached hydrogens (tertiary/aromatic N) is 2. The molecule has 0 spiro atoms. The van der Waals surface area contributed by atoms with E-state index in [9.17, 15) is 4.79 Å². The molecular formula is C17H13BrN2O. The Morgan fingerprint density at radius 3 is 2.57 bits per heavy atom. The largest absolute Gasteiger partial charge is 0.298 e. The third kappa shape index (κ3) is 2.81. The Morgan fingerprint density at radius 2 is 1.90 bits per heavy atom. The standard InChI is InChI=1S/C17H13BrN2O/c1-12-5-7-16(8-6-12)20-10-14(11-21)17(19-20)13-3-2-4-15(18)9-13/h2-11H,1H3. The summed E-state index contributed by atoms with van der Waals surface area (Å²) in [7, 11) is 0. The van der Waals surface area contributed by atoms with E-state index in [1.165, 1.54) is 5.56 Å². The zero-order valence-electron chi connectivity index (χ0n) is 11.5. The highest BCUT2D eigenvalue weighted by Gasteiger charge is 2.11. The SMILES string of the molecule is Cc1ccc(-n2cc(C=O)c(-c3cccc(Br)c3)n2)cc1. The van der Waals surface area contributed by atoms with E-state index in [-0.39, 0.29) is 0 Å². The second kappa shape index (κ2) is 5.66. The van der Waals surface area contributed by atoms with Gasteiger partial charge in [0, 0.05) is 16.2 Å². The van der Waals surface area contributed by atoms with Crippen LogP contribution in [0.4, 0.5) is 0 Å².